The molecule has 2 heterocycles. The molecule has 1 unspecified atom stereocenters. The Balaban J connectivity index is 1.36. The number of hydrogen-bond donors (Lipinski definition) is 1. The second-order valence-corrected chi connectivity index (χ2v) is 7.38. The summed E-state index contributed by atoms with van der Waals surface area (Å²) in [7, 11) is 0. The Kier molecular flexibility index (Phi) is 7.14. The van der Waals surface area contributed by atoms with E-state index in [4.69, 9.17) is 26.8 Å². The zero-order valence-corrected chi connectivity index (χ0v) is 15.9. The SMILES string of the molecule is NC(C(=O)N1CCN(CCOc2ccc(Cl)cc2)CC1)C1CCOCC1. The molecule has 2 N–H and O–H groups in total. The molecule has 1 aromatic rings. The first-order chi connectivity index (χ1) is 12.6. The Bertz CT molecular complexity index is 570. The van der Waals surface area contributed by atoms with Gasteiger partial charge in [0.25, 0.3) is 0 Å². The number of halogens is 1. The quantitative estimate of drug-likeness (QED) is 0.811. The van der Waals surface area contributed by atoms with Gasteiger partial charge in [0.15, 0.2) is 0 Å². The highest BCUT2D eigenvalue weighted by Gasteiger charge is 2.31. The molecule has 2 aliphatic rings. The van der Waals surface area contributed by atoms with Crippen LogP contribution in [-0.2, 0) is 9.53 Å². The second kappa shape index (κ2) is 9.55. The summed E-state index contributed by atoms with van der Waals surface area (Å²) < 4.78 is 11.1. The molecule has 2 aliphatic heterocycles. The van der Waals surface area contributed by atoms with E-state index < -0.39 is 6.04 Å². The summed E-state index contributed by atoms with van der Waals surface area (Å²) in [5.74, 6) is 1.17. The van der Waals surface area contributed by atoms with Gasteiger partial charge in [-0.25, -0.2) is 0 Å². The van der Waals surface area contributed by atoms with Gasteiger partial charge in [-0.3, -0.25) is 9.69 Å². The molecule has 0 bridgehead atoms. The first kappa shape index (κ1) is 19.4. The van der Waals surface area contributed by atoms with Gasteiger partial charge >= 0.3 is 0 Å². The van der Waals surface area contributed by atoms with Gasteiger partial charge in [0.1, 0.15) is 12.4 Å². The third-order valence-corrected chi connectivity index (χ3v) is 5.48. The lowest BCUT2D eigenvalue weighted by atomic mass is 9.91. The van der Waals surface area contributed by atoms with Crippen LogP contribution < -0.4 is 10.5 Å². The molecule has 3 rings (SSSR count). The fourth-order valence-corrected chi connectivity index (χ4v) is 3.63. The average Bonchev–Trinajstić information content (AvgIpc) is 2.69. The highest BCUT2D eigenvalue weighted by Crippen LogP contribution is 2.19. The Morgan fingerprint density at radius 3 is 2.50 bits per heavy atom. The van der Waals surface area contributed by atoms with E-state index in [-0.39, 0.29) is 11.8 Å². The number of amides is 1. The van der Waals surface area contributed by atoms with E-state index in [1.807, 2.05) is 29.2 Å². The molecule has 1 aromatic carbocycles. The standard InChI is InChI=1S/C19H28ClN3O3/c20-16-1-3-17(4-2-16)26-14-11-22-7-9-23(10-8-22)19(24)18(21)15-5-12-25-13-6-15/h1-4,15,18H,5-14,21H2. The van der Waals surface area contributed by atoms with E-state index in [1.165, 1.54) is 0 Å². The van der Waals surface area contributed by atoms with E-state index in [1.54, 1.807) is 0 Å². The normalized spacial score (nSPS) is 20.8. The number of carbonyl (C=O) groups is 1. The monoisotopic (exact) mass is 381 g/mol. The maximum absolute atomic E-state index is 12.6. The smallest absolute Gasteiger partial charge is 0.239 e. The summed E-state index contributed by atoms with van der Waals surface area (Å²) in [5.41, 5.74) is 6.22. The maximum Gasteiger partial charge on any atom is 0.239 e. The molecule has 0 radical (unpaired) electrons. The van der Waals surface area contributed by atoms with Gasteiger partial charge in [-0.1, -0.05) is 11.6 Å². The van der Waals surface area contributed by atoms with E-state index in [9.17, 15) is 4.79 Å². The summed E-state index contributed by atoms with van der Waals surface area (Å²) in [6.45, 7) is 6.08. The molecule has 1 atom stereocenters. The minimum absolute atomic E-state index is 0.0916. The third kappa shape index (κ3) is 5.33. The van der Waals surface area contributed by atoms with Gasteiger partial charge < -0.3 is 20.1 Å². The fourth-order valence-electron chi connectivity index (χ4n) is 3.50. The molecular formula is C19H28ClN3O3. The molecule has 7 heteroatoms. The molecule has 0 saturated carbocycles. The van der Waals surface area contributed by atoms with E-state index >= 15 is 0 Å². The van der Waals surface area contributed by atoms with Crippen LogP contribution >= 0.6 is 11.6 Å². The van der Waals surface area contributed by atoms with E-state index in [0.29, 0.717) is 24.8 Å². The second-order valence-electron chi connectivity index (χ2n) is 6.94. The highest BCUT2D eigenvalue weighted by atomic mass is 35.5. The summed E-state index contributed by atoms with van der Waals surface area (Å²) in [6, 6.07) is 7.00. The molecule has 6 nitrogen and oxygen atoms in total. The fraction of sp³-hybridized carbons (Fsp3) is 0.632. The molecule has 1 amide bonds. The molecule has 2 saturated heterocycles. The van der Waals surface area contributed by atoms with Crippen LogP contribution in [0.5, 0.6) is 5.75 Å². The minimum Gasteiger partial charge on any atom is -0.492 e. The lowest BCUT2D eigenvalue weighted by Crippen LogP contribution is -2.55. The van der Waals surface area contributed by atoms with Crippen LogP contribution in [0.1, 0.15) is 12.8 Å². The van der Waals surface area contributed by atoms with Gasteiger partial charge in [0.05, 0.1) is 6.04 Å². The van der Waals surface area contributed by atoms with E-state index in [2.05, 4.69) is 4.90 Å². The van der Waals surface area contributed by atoms with Crippen molar-refractivity contribution in [2.45, 2.75) is 18.9 Å². The zero-order valence-electron chi connectivity index (χ0n) is 15.1. The zero-order chi connectivity index (χ0) is 18.4. The lowest BCUT2D eigenvalue weighted by Gasteiger charge is -2.37. The molecule has 26 heavy (non-hydrogen) atoms. The van der Waals surface area contributed by atoms with Crippen molar-refractivity contribution in [1.29, 1.82) is 0 Å². The highest BCUT2D eigenvalue weighted by molar-refractivity contribution is 6.30. The maximum atomic E-state index is 12.6. The average molecular weight is 382 g/mol. The van der Waals surface area contributed by atoms with Gasteiger partial charge in [-0.05, 0) is 43.0 Å². The number of piperazine rings is 1. The number of ether oxygens (including phenoxy) is 2. The number of nitrogens with zero attached hydrogens (tertiary/aromatic N) is 2. The van der Waals surface area contributed by atoms with Crippen LogP contribution in [0, 0.1) is 5.92 Å². The number of nitrogens with two attached hydrogens (primary N) is 1. The van der Waals surface area contributed by atoms with Gasteiger partial charge in [-0.2, -0.15) is 0 Å². The number of carbonyl (C=O) groups excluding carboxylic acids is 1. The number of benzene rings is 1. The summed E-state index contributed by atoms with van der Waals surface area (Å²) in [5, 5.41) is 0.706. The first-order valence-corrected chi connectivity index (χ1v) is 9.74. The molecule has 0 aliphatic carbocycles. The van der Waals surface area contributed by atoms with Gasteiger partial charge in [0, 0.05) is 51.0 Å². The van der Waals surface area contributed by atoms with Crippen molar-refractivity contribution in [3.63, 3.8) is 0 Å². The van der Waals surface area contributed by atoms with Crippen molar-refractivity contribution in [1.82, 2.24) is 9.80 Å². The number of hydrogen-bond acceptors (Lipinski definition) is 5. The third-order valence-electron chi connectivity index (χ3n) is 5.23. The van der Waals surface area contributed by atoms with Crippen LogP contribution in [0.15, 0.2) is 24.3 Å². The minimum atomic E-state index is -0.390. The van der Waals surface area contributed by atoms with Gasteiger partial charge in [0.2, 0.25) is 5.91 Å². The summed E-state index contributed by atoms with van der Waals surface area (Å²) >= 11 is 5.87. The Hall–Kier alpha value is -1.34. The summed E-state index contributed by atoms with van der Waals surface area (Å²) in [4.78, 5) is 16.9. The van der Waals surface area contributed by atoms with Crippen LogP contribution in [0.3, 0.4) is 0 Å². The van der Waals surface area contributed by atoms with Crippen LogP contribution in [0.25, 0.3) is 0 Å². The Labute approximate surface area is 160 Å². The number of rotatable bonds is 6. The van der Waals surface area contributed by atoms with Crippen molar-refractivity contribution in [2.24, 2.45) is 11.7 Å². The summed E-state index contributed by atoms with van der Waals surface area (Å²) in [6.07, 6.45) is 1.77. The van der Waals surface area contributed by atoms with E-state index in [0.717, 1.165) is 51.3 Å². The predicted octanol–water partition coefficient (Wildman–Crippen LogP) is 1.62. The molecule has 0 aromatic heterocycles. The van der Waals surface area contributed by atoms with Crippen LogP contribution in [-0.4, -0.2) is 74.3 Å². The molecule has 0 spiro atoms. The predicted molar refractivity (Wildman–Crippen MR) is 101 cm³/mol. The van der Waals surface area contributed by atoms with Crippen molar-refractivity contribution < 1.29 is 14.3 Å². The van der Waals surface area contributed by atoms with Crippen molar-refractivity contribution in [2.75, 3.05) is 52.5 Å². The molecular weight excluding hydrogens is 354 g/mol. The van der Waals surface area contributed by atoms with Crippen LogP contribution in [0.2, 0.25) is 5.02 Å². The Morgan fingerprint density at radius 2 is 1.85 bits per heavy atom. The largest absolute Gasteiger partial charge is 0.492 e. The van der Waals surface area contributed by atoms with Crippen molar-refractivity contribution in [3.8, 4) is 5.75 Å². The molecule has 2 fully saturated rings. The van der Waals surface area contributed by atoms with Crippen LogP contribution in [0.4, 0.5) is 0 Å². The first-order valence-electron chi connectivity index (χ1n) is 9.36. The molecule has 144 valence electrons. The van der Waals surface area contributed by atoms with Gasteiger partial charge in [-0.15, -0.1) is 0 Å². The van der Waals surface area contributed by atoms with Crippen molar-refractivity contribution >= 4 is 17.5 Å². The topological polar surface area (TPSA) is 68.0 Å². The Morgan fingerprint density at radius 1 is 1.19 bits per heavy atom. The lowest BCUT2D eigenvalue weighted by molar-refractivity contribution is -0.136. The van der Waals surface area contributed by atoms with Crippen molar-refractivity contribution in [3.05, 3.63) is 29.3 Å².